The van der Waals surface area contributed by atoms with E-state index in [-0.39, 0.29) is 18.3 Å². The molecule has 0 aliphatic carbocycles. The van der Waals surface area contributed by atoms with Crippen LogP contribution >= 0.6 is 7.60 Å². The molecule has 1 fully saturated rings. The van der Waals surface area contributed by atoms with Crippen molar-refractivity contribution in [3.63, 3.8) is 0 Å². The molecule has 0 unspecified atom stereocenters. The lowest BCUT2D eigenvalue weighted by Crippen LogP contribution is -2.47. The Bertz CT molecular complexity index is 625. The molecule has 2 N–H and O–H groups in total. The highest BCUT2D eigenvalue weighted by atomic mass is 31.2. The maximum Gasteiger partial charge on any atom is 0.348 e. The van der Waals surface area contributed by atoms with Crippen molar-refractivity contribution in [2.45, 2.75) is 50.9 Å². The van der Waals surface area contributed by atoms with Gasteiger partial charge in [0, 0.05) is 19.1 Å². The van der Waals surface area contributed by atoms with Gasteiger partial charge in [0.1, 0.15) is 18.3 Å². The number of allylic oxidation sites excluding steroid dienone is 1. The van der Waals surface area contributed by atoms with Crippen molar-refractivity contribution in [2.24, 2.45) is 0 Å². The maximum absolute atomic E-state index is 12.1. The first-order chi connectivity index (χ1) is 11.6. The summed E-state index contributed by atoms with van der Waals surface area (Å²) in [6.45, 7) is 3.60. The SMILES string of the molecule is CO[C@@H]1[C@H](OC(C)C)[C@@H](/C=C/P(=O)(O)O)O[C@H]1N1C=CC(=O)CC1=O. The van der Waals surface area contributed by atoms with Crippen molar-refractivity contribution in [1.29, 1.82) is 0 Å². The van der Waals surface area contributed by atoms with E-state index in [4.69, 9.17) is 24.0 Å². The molecule has 0 saturated carbocycles. The minimum atomic E-state index is -4.38. The number of rotatable bonds is 6. The molecule has 2 heterocycles. The van der Waals surface area contributed by atoms with E-state index in [2.05, 4.69) is 0 Å². The molecule has 1 saturated heterocycles. The maximum atomic E-state index is 12.1. The standard InChI is InChI=1S/C15H22NO8P/c1-9(2)23-13-11(5-7-25(19,20)21)24-15(14(13)22-3)16-6-4-10(17)8-12(16)18/h4-7,9,11,13-15H,8H2,1-3H3,(H2,19,20,21)/b7-5+/t11-,13-,14-,15-/m1/s1. The molecule has 9 nitrogen and oxygen atoms in total. The lowest BCUT2D eigenvalue weighted by molar-refractivity contribution is -0.148. The Labute approximate surface area is 145 Å². The van der Waals surface area contributed by atoms with E-state index in [0.717, 1.165) is 5.82 Å². The molecule has 140 valence electrons. The quantitative estimate of drug-likeness (QED) is 0.509. The molecule has 4 atom stereocenters. The van der Waals surface area contributed by atoms with E-state index >= 15 is 0 Å². The summed E-state index contributed by atoms with van der Waals surface area (Å²) >= 11 is 0. The smallest absolute Gasteiger partial charge is 0.348 e. The Morgan fingerprint density at radius 2 is 2.04 bits per heavy atom. The minimum Gasteiger partial charge on any atom is -0.374 e. The molecular weight excluding hydrogens is 353 g/mol. The van der Waals surface area contributed by atoms with E-state index in [1.54, 1.807) is 13.8 Å². The summed E-state index contributed by atoms with van der Waals surface area (Å²) < 4.78 is 28.1. The minimum absolute atomic E-state index is 0.204. The third-order valence-electron chi connectivity index (χ3n) is 3.71. The second-order valence-electron chi connectivity index (χ2n) is 6.03. The lowest BCUT2D eigenvalue weighted by atomic mass is 10.1. The molecule has 2 aliphatic heterocycles. The largest absolute Gasteiger partial charge is 0.374 e. The van der Waals surface area contributed by atoms with Gasteiger partial charge in [0.15, 0.2) is 12.0 Å². The molecule has 0 spiro atoms. The number of methoxy groups -OCH3 is 1. The zero-order valence-corrected chi connectivity index (χ0v) is 15.0. The average molecular weight is 375 g/mol. The molecular formula is C15H22NO8P. The van der Waals surface area contributed by atoms with Crippen molar-refractivity contribution < 1.29 is 38.2 Å². The fourth-order valence-corrected chi connectivity index (χ4v) is 3.13. The lowest BCUT2D eigenvalue weighted by Gasteiger charge is -2.31. The third-order valence-corrected chi connectivity index (χ3v) is 4.27. The normalized spacial score (nSPS) is 30.9. The molecule has 10 heteroatoms. The van der Waals surface area contributed by atoms with Crippen LogP contribution in [0.4, 0.5) is 0 Å². The molecule has 0 bridgehead atoms. The predicted molar refractivity (Wildman–Crippen MR) is 86.3 cm³/mol. The van der Waals surface area contributed by atoms with Crippen LogP contribution in [0, 0.1) is 0 Å². The molecule has 1 amide bonds. The second kappa shape index (κ2) is 7.90. The molecule has 0 aromatic carbocycles. The van der Waals surface area contributed by atoms with Crippen LogP contribution in [-0.4, -0.2) is 64.1 Å². The number of amides is 1. The highest BCUT2D eigenvalue weighted by Gasteiger charge is 2.49. The second-order valence-corrected chi connectivity index (χ2v) is 7.51. The zero-order valence-electron chi connectivity index (χ0n) is 14.1. The molecule has 0 radical (unpaired) electrons. The molecule has 2 aliphatic rings. The highest BCUT2D eigenvalue weighted by molar-refractivity contribution is 7.55. The zero-order chi connectivity index (χ0) is 18.8. The van der Waals surface area contributed by atoms with Gasteiger partial charge >= 0.3 is 7.60 Å². The van der Waals surface area contributed by atoms with Crippen LogP contribution < -0.4 is 0 Å². The number of hydrogen-bond donors (Lipinski definition) is 2. The van der Waals surface area contributed by atoms with Crippen LogP contribution in [0.25, 0.3) is 0 Å². The number of ether oxygens (including phenoxy) is 3. The first kappa shape index (κ1) is 20.0. The van der Waals surface area contributed by atoms with Gasteiger partial charge in [-0.3, -0.25) is 19.1 Å². The van der Waals surface area contributed by atoms with Gasteiger partial charge in [-0.25, -0.2) is 0 Å². The van der Waals surface area contributed by atoms with Gasteiger partial charge in [-0.1, -0.05) is 0 Å². The van der Waals surface area contributed by atoms with E-state index in [1.165, 1.54) is 30.4 Å². The summed E-state index contributed by atoms with van der Waals surface area (Å²) in [6, 6.07) is 0. The summed E-state index contributed by atoms with van der Waals surface area (Å²) in [5, 5.41) is 0. The number of carbonyl (C=O) groups is 2. The Balaban J connectivity index is 2.30. The van der Waals surface area contributed by atoms with Gasteiger partial charge in [-0.15, -0.1) is 0 Å². The van der Waals surface area contributed by atoms with Crippen molar-refractivity contribution in [2.75, 3.05) is 7.11 Å². The fraction of sp³-hybridized carbons (Fsp3) is 0.600. The van der Waals surface area contributed by atoms with Crippen LogP contribution in [-0.2, 0) is 28.4 Å². The average Bonchev–Trinajstić information content (AvgIpc) is 2.81. The molecule has 0 aromatic rings. The number of carbonyl (C=O) groups excluding carboxylic acids is 2. The Kier molecular flexibility index (Phi) is 6.31. The van der Waals surface area contributed by atoms with Gasteiger partial charge in [-0.05, 0) is 26.0 Å². The van der Waals surface area contributed by atoms with Gasteiger partial charge in [0.05, 0.1) is 12.5 Å². The van der Waals surface area contributed by atoms with Crippen LogP contribution in [0.2, 0.25) is 0 Å². The topological polar surface area (TPSA) is 123 Å². The summed E-state index contributed by atoms with van der Waals surface area (Å²) in [5.41, 5.74) is 0. The molecule has 25 heavy (non-hydrogen) atoms. The summed E-state index contributed by atoms with van der Waals surface area (Å²) in [5.74, 6) is -0.00971. The van der Waals surface area contributed by atoms with Gasteiger partial charge < -0.3 is 24.0 Å². The third kappa shape index (κ3) is 5.07. The first-order valence-electron chi connectivity index (χ1n) is 7.73. The highest BCUT2D eigenvalue weighted by Crippen LogP contribution is 2.38. The van der Waals surface area contributed by atoms with Crippen LogP contribution in [0.3, 0.4) is 0 Å². The van der Waals surface area contributed by atoms with E-state index in [1.807, 2.05) is 0 Å². The van der Waals surface area contributed by atoms with Gasteiger partial charge in [-0.2, -0.15) is 0 Å². The van der Waals surface area contributed by atoms with Crippen molar-refractivity contribution in [1.82, 2.24) is 4.90 Å². The number of ketones is 1. The molecule has 0 aromatic heterocycles. The fourth-order valence-electron chi connectivity index (χ4n) is 2.73. The number of nitrogens with zero attached hydrogens (tertiary/aromatic N) is 1. The van der Waals surface area contributed by atoms with Crippen molar-refractivity contribution in [3.8, 4) is 0 Å². The van der Waals surface area contributed by atoms with E-state index < -0.39 is 38.0 Å². The Morgan fingerprint density at radius 1 is 1.36 bits per heavy atom. The summed E-state index contributed by atoms with van der Waals surface area (Å²) in [7, 11) is -2.95. The van der Waals surface area contributed by atoms with Crippen LogP contribution in [0.5, 0.6) is 0 Å². The van der Waals surface area contributed by atoms with E-state index in [0.29, 0.717) is 0 Å². The monoisotopic (exact) mass is 375 g/mol. The van der Waals surface area contributed by atoms with Gasteiger partial charge in [0.25, 0.3) is 0 Å². The summed E-state index contributed by atoms with van der Waals surface area (Å²) in [6.07, 6.45) is 0.244. The van der Waals surface area contributed by atoms with E-state index in [9.17, 15) is 14.2 Å². The van der Waals surface area contributed by atoms with Crippen LogP contribution in [0.1, 0.15) is 20.3 Å². The Hall–Kier alpha value is -1.35. The molecule has 2 rings (SSSR count). The number of hydrogen-bond acceptors (Lipinski definition) is 6. The van der Waals surface area contributed by atoms with Crippen molar-refractivity contribution in [3.05, 3.63) is 24.2 Å². The summed E-state index contributed by atoms with van der Waals surface area (Å²) in [4.78, 5) is 42.8. The van der Waals surface area contributed by atoms with Crippen LogP contribution in [0.15, 0.2) is 24.2 Å². The first-order valence-corrected chi connectivity index (χ1v) is 9.41. The van der Waals surface area contributed by atoms with Gasteiger partial charge in [0.2, 0.25) is 5.91 Å². The Morgan fingerprint density at radius 3 is 2.56 bits per heavy atom. The van der Waals surface area contributed by atoms with Crippen molar-refractivity contribution >= 4 is 19.3 Å². The predicted octanol–water partition coefficient (Wildman–Crippen LogP) is 0.526.